The molecule has 1 saturated heterocycles. The van der Waals surface area contributed by atoms with Gasteiger partial charge in [0, 0.05) is 18.9 Å². The Morgan fingerprint density at radius 1 is 1.00 bits per heavy atom. The van der Waals surface area contributed by atoms with Gasteiger partial charge in [0.1, 0.15) is 0 Å². The Morgan fingerprint density at radius 2 is 1.68 bits per heavy atom. The standard InChI is InChI=1S/C21H38N2O2/c1-4-5-6-7-8-9-10-11-12-13-15-19-18-20(24)23(21(19)25)17-14-16-22(2)3/h11-12,19H,4-10,13-18H2,1-3H3. The summed E-state index contributed by atoms with van der Waals surface area (Å²) in [5.74, 6) is -0.0246. The van der Waals surface area contributed by atoms with Crippen molar-refractivity contribution in [2.45, 2.75) is 77.6 Å². The third-order valence-electron chi connectivity index (χ3n) is 4.90. The Bertz CT molecular complexity index is 418. The van der Waals surface area contributed by atoms with E-state index in [1.54, 1.807) is 0 Å². The van der Waals surface area contributed by atoms with Gasteiger partial charge < -0.3 is 4.90 Å². The number of nitrogens with zero attached hydrogens (tertiary/aromatic N) is 2. The van der Waals surface area contributed by atoms with E-state index >= 15 is 0 Å². The van der Waals surface area contributed by atoms with Gasteiger partial charge in [-0.1, -0.05) is 51.2 Å². The van der Waals surface area contributed by atoms with Crippen LogP contribution in [0.15, 0.2) is 12.2 Å². The van der Waals surface area contributed by atoms with E-state index in [-0.39, 0.29) is 17.7 Å². The van der Waals surface area contributed by atoms with Crippen molar-refractivity contribution in [1.82, 2.24) is 9.80 Å². The van der Waals surface area contributed by atoms with Crippen LogP contribution in [-0.2, 0) is 9.59 Å². The summed E-state index contributed by atoms with van der Waals surface area (Å²) in [6, 6.07) is 0. The molecule has 2 amide bonds. The van der Waals surface area contributed by atoms with Gasteiger partial charge in [0.25, 0.3) is 0 Å². The number of rotatable bonds is 14. The van der Waals surface area contributed by atoms with Crippen LogP contribution in [0.25, 0.3) is 0 Å². The molecule has 1 unspecified atom stereocenters. The molecule has 0 aromatic rings. The molecule has 144 valence electrons. The molecule has 0 spiro atoms. The Labute approximate surface area is 154 Å². The number of carbonyl (C=O) groups is 2. The van der Waals surface area contributed by atoms with Crippen LogP contribution >= 0.6 is 0 Å². The molecule has 0 aliphatic carbocycles. The zero-order chi connectivity index (χ0) is 18.5. The molecule has 1 heterocycles. The topological polar surface area (TPSA) is 40.6 Å². The number of carbonyl (C=O) groups excluding carboxylic acids is 2. The summed E-state index contributed by atoms with van der Waals surface area (Å²) in [5.41, 5.74) is 0. The molecule has 0 radical (unpaired) electrons. The number of allylic oxidation sites excluding steroid dienone is 2. The molecule has 0 saturated carbocycles. The van der Waals surface area contributed by atoms with Crippen LogP contribution in [0.1, 0.15) is 77.6 Å². The van der Waals surface area contributed by atoms with Crippen LogP contribution in [0.2, 0.25) is 0 Å². The minimum Gasteiger partial charge on any atom is -0.309 e. The molecule has 0 bridgehead atoms. The fourth-order valence-electron chi connectivity index (χ4n) is 3.33. The first-order valence-electron chi connectivity index (χ1n) is 10.2. The van der Waals surface area contributed by atoms with E-state index < -0.39 is 0 Å². The van der Waals surface area contributed by atoms with E-state index in [4.69, 9.17) is 0 Å². The highest BCUT2D eigenvalue weighted by Crippen LogP contribution is 2.24. The summed E-state index contributed by atoms with van der Waals surface area (Å²) >= 11 is 0. The summed E-state index contributed by atoms with van der Waals surface area (Å²) in [7, 11) is 4.02. The fraction of sp³-hybridized carbons (Fsp3) is 0.810. The molecule has 0 aromatic carbocycles. The molecule has 25 heavy (non-hydrogen) atoms. The van der Waals surface area contributed by atoms with Gasteiger partial charge in [-0.05, 0) is 52.7 Å². The Kier molecular flexibility index (Phi) is 11.5. The maximum absolute atomic E-state index is 12.4. The smallest absolute Gasteiger partial charge is 0.232 e. The third-order valence-corrected chi connectivity index (χ3v) is 4.90. The van der Waals surface area contributed by atoms with E-state index in [0.29, 0.717) is 13.0 Å². The van der Waals surface area contributed by atoms with Crippen molar-refractivity contribution in [1.29, 1.82) is 0 Å². The monoisotopic (exact) mass is 350 g/mol. The van der Waals surface area contributed by atoms with Gasteiger partial charge in [0.15, 0.2) is 0 Å². The van der Waals surface area contributed by atoms with Gasteiger partial charge >= 0.3 is 0 Å². The maximum atomic E-state index is 12.4. The molecule has 1 aliphatic heterocycles. The lowest BCUT2D eigenvalue weighted by molar-refractivity contribution is -0.139. The third kappa shape index (κ3) is 9.20. The predicted octanol–water partition coefficient (Wildman–Crippen LogP) is 4.40. The van der Waals surface area contributed by atoms with Crippen molar-refractivity contribution < 1.29 is 9.59 Å². The minimum absolute atomic E-state index is 0.0183. The number of amides is 2. The minimum atomic E-state index is -0.0921. The lowest BCUT2D eigenvalue weighted by Crippen LogP contribution is -2.33. The number of hydrogen-bond acceptors (Lipinski definition) is 3. The average molecular weight is 351 g/mol. The van der Waals surface area contributed by atoms with Gasteiger partial charge in [0.2, 0.25) is 11.8 Å². The Hall–Kier alpha value is -1.16. The second kappa shape index (κ2) is 13.1. The van der Waals surface area contributed by atoms with Crippen LogP contribution in [0.5, 0.6) is 0 Å². The normalized spacial score (nSPS) is 18.2. The van der Waals surface area contributed by atoms with Crippen molar-refractivity contribution in [3.8, 4) is 0 Å². The van der Waals surface area contributed by atoms with Crippen molar-refractivity contribution in [2.75, 3.05) is 27.2 Å². The summed E-state index contributed by atoms with van der Waals surface area (Å²) in [4.78, 5) is 27.9. The second-order valence-electron chi connectivity index (χ2n) is 7.55. The highest BCUT2D eigenvalue weighted by atomic mass is 16.2. The highest BCUT2D eigenvalue weighted by molar-refractivity contribution is 6.03. The molecule has 1 aliphatic rings. The molecule has 0 N–H and O–H groups in total. The molecule has 0 aromatic heterocycles. The molecule has 1 atom stereocenters. The van der Waals surface area contributed by atoms with Gasteiger partial charge in [0.05, 0.1) is 0 Å². The lowest BCUT2D eigenvalue weighted by Gasteiger charge is -2.16. The first-order valence-corrected chi connectivity index (χ1v) is 10.2. The molecule has 1 fully saturated rings. The van der Waals surface area contributed by atoms with Crippen LogP contribution in [-0.4, -0.2) is 48.8 Å². The predicted molar refractivity (Wildman–Crippen MR) is 104 cm³/mol. The van der Waals surface area contributed by atoms with E-state index in [9.17, 15) is 9.59 Å². The van der Waals surface area contributed by atoms with Crippen molar-refractivity contribution in [3.63, 3.8) is 0 Å². The summed E-state index contributed by atoms with van der Waals surface area (Å²) in [6.45, 7) is 3.72. The quantitative estimate of drug-likeness (QED) is 0.265. The first-order chi connectivity index (χ1) is 12.1. The van der Waals surface area contributed by atoms with E-state index in [1.807, 2.05) is 14.1 Å². The lowest BCUT2D eigenvalue weighted by atomic mass is 10.0. The number of imide groups is 1. The highest BCUT2D eigenvalue weighted by Gasteiger charge is 2.37. The number of likely N-dealkylation sites (tertiary alicyclic amines) is 1. The molecule has 4 heteroatoms. The SMILES string of the molecule is CCCCCCCCC=CCCC1CC(=O)N(CCCN(C)C)C1=O. The Morgan fingerprint density at radius 3 is 2.40 bits per heavy atom. The van der Waals surface area contributed by atoms with Crippen LogP contribution < -0.4 is 0 Å². The second-order valence-corrected chi connectivity index (χ2v) is 7.55. The Balaban J connectivity index is 2.13. The average Bonchev–Trinajstić information content (AvgIpc) is 2.84. The van der Waals surface area contributed by atoms with E-state index in [0.717, 1.165) is 32.2 Å². The maximum Gasteiger partial charge on any atom is 0.232 e. The van der Waals surface area contributed by atoms with Crippen LogP contribution in [0.4, 0.5) is 0 Å². The van der Waals surface area contributed by atoms with Crippen molar-refractivity contribution in [3.05, 3.63) is 12.2 Å². The summed E-state index contributed by atoms with van der Waals surface area (Å²) in [5, 5.41) is 0. The van der Waals surface area contributed by atoms with E-state index in [2.05, 4.69) is 24.0 Å². The van der Waals surface area contributed by atoms with Crippen LogP contribution in [0.3, 0.4) is 0 Å². The van der Waals surface area contributed by atoms with Crippen LogP contribution in [0, 0.1) is 5.92 Å². The first kappa shape index (κ1) is 21.9. The summed E-state index contributed by atoms with van der Waals surface area (Å²) in [6.07, 6.45) is 16.5. The molecular formula is C21H38N2O2. The molecular weight excluding hydrogens is 312 g/mol. The molecule has 4 nitrogen and oxygen atoms in total. The van der Waals surface area contributed by atoms with Gasteiger partial charge in [-0.25, -0.2) is 0 Å². The van der Waals surface area contributed by atoms with E-state index in [1.165, 1.54) is 43.4 Å². The number of unbranched alkanes of at least 4 members (excludes halogenated alkanes) is 6. The number of hydrogen-bond donors (Lipinski definition) is 0. The largest absolute Gasteiger partial charge is 0.309 e. The molecule has 1 rings (SSSR count). The fourth-order valence-corrected chi connectivity index (χ4v) is 3.33. The summed E-state index contributed by atoms with van der Waals surface area (Å²) < 4.78 is 0. The van der Waals surface area contributed by atoms with Crippen molar-refractivity contribution >= 4 is 11.8 Å². The zero-order valence-corrected chi connectivity index (χ0v) is 16.6. The zero-order valence-electron chi connectivity index (χ0n) is 16.6. The van der Waals surface area contributed by atoms with Gasteiger partial charge in [-0.2, -0.15) is 0 Å². The van der Waals surface area contributed by atoms with Gasteiger partial charge in [-0.15, -0.1) is 0 Å². The van der Waals surface area contributed by atoms with Crippen molar-refractivity contribution in [2.24, 2.45) is 5.92 Å². The van der Waals surface area contributed by atoms with Gasteiger partial charge in [-0.3, -0.25) is 14.5 Å².